The Kier molecular flexibility index (Phi) is 5.25. The van der Waals surface area contributed by atoms with Crippen molar-refractivity contribution in [1.82, 2.24) is 10.2 Å². The molecule has 2 rings (SSSR count). The molecule has 0 aliphatic carbocycles. The van der Waals surface area contributed by atoms with Crippen LogP contribution < -0.4 is 5.32 Å². The number of hydrogen-bond acceptors (Lipinski definition) is 3. The molecule has 2 atom stereocenters. The van der Waals surface area contributed by atoms with Gasteiger partial charge in [-0.2, -0.15) is 0 Å². The number of carbonyl (C=O) groups excluding carboxylic acids is 1. The monoisotopic (exact) mass is 300 g/mol. The molecule has 2 heterocycles. The third-order valence-electron chi connectivity index (χ3n) is 3.71. The van der Waals surface area contributed by atoms with E-state index in [1.807, 2.05) is 31.0 Å². The van der Waals surface area contributed by atoms with Crippen molar-refractivity contribution in [3.8, 4) is 0 Å². The summed E-state index contributed by atoms with van der Waals surface area (Å²) in [6, 6.07) is 3.83. The fourth-order valence-corrected chi connectivity index (χ4v) is 3.78. The first-order chi connectivity index (χ1) is 9.11. The zero-order valence-corrected chi connectivity index (χ0v) is 13.1. The lowest BCUT2D eigenvalue weighted by atomic mass is 9.96. The number of carbonyl (C=O) groups is 1. The van der Waals surface area contributed by atoms with E-state index in [4.69, 9.17) is 11.6 Å². The van der Waals surface area contributed by atoms with Crippen molar-refractivity contribution in [2.45, 2.75) is 25.7 Å². The fourth-order valence-electron chi connectivity index (χ4n) is 2.68. The summed E-state index contributed by atoms with van der Waals surface area (Å²) in [5.74, 6) is 0.743. The van der Waals surface area contributed by atoms with E-state index < -0.39 is 0 Å². The zero-order chi connectivity index (χ0) is 13.8. The summed E-state index contributed by atoms with van der Waals surface area (Å²) in [5.41, 5.74) is 0. The molecule has 106 valence electrons. The molecular weight excluding hydrogens is 280 g/mol. The molecule has 1 amide bonds. The van der Waals surface area contributed by atoms with Crippen LogP contribution in [0.2, 0.25) is 4.34 Å². The molecular formula is C14H21ClN2OS. The molecule has 1 saturated heterocycles. The van der Waals surface area contributed by atoms with Gasteiger partial charge < -0.3 is 10.2 Å². The third kappa shape index (κ3) is 3.71. The summed E-state index contributed by atoms with van der Waals surface area (Å²) in [7, 11) is 1.97. The SMILES string of the molecule is CNCC1CCCN(C(=O)C(C)c2ccc(Cl)s2)C1. The minimum Gasteiger partial charge on any atom is -0.342 e. The Balaban J connectivity index is 1.98. The van der Waals surface area contributed by atoms with Gasteiger partial charge in [0.25, 0.3) is 0 Å². The Morgan fingerprint density at radius 2 is 2.42 bits per heavy atom. The van der Waals surface area contributed by atoms with Crippen LogP contribution in [0.4, 0.5) is 0 Å². The number of halogens is 1. The second kappa shape index (κ2) is 6.73. The summed E-state index contributed by atoms with van der Waals surface area (Å²) < 4.78 is 0.751. The van der Waals surface area contributed by atoms with Crippen LogP contribution in [-0.4, -0.2) is 37.5 Å². The summed E-state index contributed by atoms with van der Waals surface area (Å²) in [5, 5.41) is 3.21. The predicted molar refractivity (Wildman–Crippen MR) is 81.0 cm³/mol. The lowest BCUT2D eigenvalue weighted by molar-refractivity contribution is -0.134. The maximum Gasteiger partial charge on any atom is 0.230 e. The molecule has 2 unspecified atom stereocenters. The van der Waals surface area contributed by atoms with Gasteiger partial charge in [-0.25, -0.2) is 0 Å². The van der Waals surface area contributed by atoms with Crippen LogP contribution in [0.25, 0.3) is 0 Å². The van der Waals surface area contributed by atoms with Crippen LogP contribution in [0.1, 0.15) is 30.6 Å². The Hall–Kier alpha value is -0.580. The van der Waals surface area contributed by atoms with Gasteiger partial charge in [-0.15, -0.1) is 11.3 Å². The number of amides is 1. The van der Waals surface area contributed by atoms with E-state index in [0.717, 1.165) is 35.3 Å². The van der Waals surface area contributed by atoms with Gasteiger partial charge in [0.05, 0.1) is 10.3 Å². The highest BCUT2D eigenvalue weighted by atomic mass is 35.5. The van der Waals surface area contributed by atoms with Crippen molar-refractivity contribution >= 4 is 28.8 Å². The zero-order valence-electron chi connectivity index (χ0n) is 11.5. The second-order valence-electron chi connectivity index (χ2n) is 5.21. The molecule has 1 aliphatic rings. The molecule has 0 saturated carbocycles. The maximum atomic E-state index is 12.5. The highest BCUT2D eigenvalue weighted by molar-refractivity contribution is 7.16. The molecule has 0 bridgehead atoms. The van der Waals surface area contributed by atoms with Gasteiger partial charge >= 0.3 is 0 Å². The topological polar surface area (TPSA) is 32.3 Å². The van der Waals surface area contributed by atoms with Crippen molar-refractivity contribution in [3.63, 3.8) is 0 Å². The summed E-state index contributed by atoms with van der Waals surface area (Å²) >= 11 is 7.45. The van der Waals surface area contributed by atoms with Crippen molar-refractivity contribution in [2.24, 2.45) is 5.92 Å². The summed E-state index contributed by atoms with van der Waals surface area (Å²) in [4.78, 5) is 15.6. The number of hydrogen-bond donors (Lipinski definition) is 1. The molecule has 0 radical (unpaired) electrons. The molecule has 1 aromatic heterocycles. The Bertz CT molecular complexity index is 433. The van der Waals surface area contributed by atoms with Gasteiger partial charge in [0.15, 0.2) is 0 Å². The molecule has 1 aromatic rings. The molecule has 5 heteroatoms. The number of nitrogens with one attached hydrogen (secondary N) is 1. The predicted octanol–water partition coefficient (Wildman–Crippen LogP) is 2.96. The Morgan fingerprint density at radius 1 is 1.63 bits per heavy atom. The van der Waals surface area contributed by atoms with E-state index >= 15 is 0 Å². The molecule has 19 heavy (non-hydrogen) atoms. The summed E-state index contributed by atoms with van der Waals surface area (Å²) in [6.07, 6.45) is 2.32. The van der Waals surface area contributed by atoms with Crippen molar-refractivity contribution in [2.75, 3.05) is 26.7 Å². The lowest BCUT2D eigenvalue weighted by Gasteiger charge is -2.34. The second-order valence-corrected chi connectivity index (χ2v) is 6.96. The largest absolute Gasteiger partial charge is 0.342 e. The Morgan fingerprint density at radius 3 is 3.05 bits per heavy atom. The van der Waals surface area contributed by atoms with Gasteiger partial charge in [-0.05, 0) is 51.4 Å². The van der Waals surface area contributed by atoms with Crippen molar-refractivity contribution in [3.05, 3.63) is 21.3 Å². The van der Waals surface area contributed by atoms with Crippen LogP contribution in [0.15, 0.2) is 12.1 Å². The average Bonchev–Trinajstić information content (AvgIpc) is 2.84. The normalized spacial score (nSPS) is 21.4. The first kappa shape index (κ1) is 14.8. The molecule has 0 spiro atoms. The molecule has 3 nitrogen and oxygen atoms in total. The first-order valence-electron chi connectivity index (χ1n) is 6.80. The minimum absolute atomic E-state index is 0.0779. The number of rotatable bonds is 4. The van der Waals surface area contributed by atoms with Gasteiger partial charge in [-0.1, -0.05) is 11.6 Å². The van der Waals surface area contributed by atoms with Gasteiger partial charge in [0.2, 0.25) is 5.91 Å². The van der Waals surface area contributed by atoms with E-state index in [2.05, 4.69) is 5.32 Å². The van der Waals surface area contributed by atoms with E-state index in [1.165, 1.54) is 17.8 Å². The van der Waals surface area contributed by atoms with Crippen LogP contribution >= 0.6 is 22.9 Å². The van der Waals surface area contributed by atoms with E-state index in [0.29, 0.717) is 5.92 Å². The smallest absolute Gasteiger partial charge is 0.230 e. The number of nitrogens with zero attached hydrogens (tertiary/aromatic N) is 1. The van der Waals surface area contributed by atoms with Gasteiger partial charge in [0, 0.05) is 18.0 Å². The average molecular weight is 301 g/mol. The minimum atomic E-state index is -0.0779. The van der Waals surface area contributed by atoms with E-state index in [9.17, 15) is 4.79 Å². The van der Waals surface area contributed by atoms with E-state index in [-0.39, 0.29) is 11.8 Å². The van der Waals surface area contributed by atoms with Crippen molar-refractivity contribution < 1.29 is 4.79 Å². The molecule has 0 aromatic carbocycles. The first-order valence-corrected chi connectivity index (χ1v) is 8.00. The van der Waals surface area contributed by atoms with Crippen LogP contribution in [-0.2, 0) is 4.79 Å². The fraction of sp³-hybridized carbons (Fsp3) is 0.643. The number of piperidine rings is 1. The highest BCUT2D eigenvalue weighted by Gasteiger charge is 2.27. The van der Waals surface area contributed by atoms with Crippen LogP contribution in [0, 0.1) is 5.92 Å². The van der Waals surface area contributed by atoms with Crippen LogP contribution in [0.3, 0.4) is 0 Å². The van der Waals surface area contributed by atoms with Gasteiger partial charge in [0.1, 0.15) is 0 Å². The Labute approximate surface area is 123 Å². The maximum absolute atomic E-state index is 12.5. The van der Waals surface area contributed by atoms with Crippen molar-refractivity contribution in [1.29, 1.82) is 0 Å². The number of thiophene rings is 1. The summed E-state index contributed by atoms with van der Waals surface area (Å²) in [6.45, 7) is 4.74. The third-order valence-corrected chi connectivity index (χ3v) is 5.13. The van der Waals surface area contributed by atoms with E-state index in [1.54, 1.807) is 0 Å². The molecule has 1 aliphatic heterocycles. The van der Waals surface area contributed by atoms with Gasteiger partial charge in [-0.3, -0.25) is 4.79 Å². The molecule has 1 fully saturated rings. The molecule has 1 N–H and O–H groups in total. The van der Waals surface area contributed by atoms with Crippen LogP contribution in [0.5, 0.6) is 0 Å². The quantitative estimate of drug-likeness (QED) is 0.927. The number of likely N-dealkylation sites (tertiary alicyclic amines) is 1. The highest BCUT2D eigenvalue weighted by Crippen LogP contribution is 2.30. The standard InChI is InChI=1S/C14H21ClN2OS/c1-10(12-5-6-13(15)19-12)14(18)17-7-3-4-11(9-17)8-16-2/h5-6,10-11,16H,3-4,7-9H2,1-2H3. The lowest BCUT2D eigenvalue weighted by Crippen LogP contribution is -2.43.